The van der Waals surface area contributed by atoms with Gasteiger partial charge in [0, 0.05) is 31.7 Å². The number of halogens is 3. The van der Waals surface area contributed by atoms with Crippen LogP contribution in [0.2, 0.25) is 0 Å². The van der Waals surface area contributed by atoms with E-state index in [0.717, 1.165) is 11.8 Å². The Balaban J connectivity index is 1.49. The molecule has 8 heteroatoms. The van der Waals surface area contributed by atoms with Crippen molar-refractivity contribution in [3.05, 3.63) is 52.9 Å². The van der Waals surface area contributed by atoms with E-state index in [0.29, 0.717) is 25.3 Å². The zero-order valence-corrected chi connectivity index (χ0v) is 14.7. The minimum atomic E-state index is -4.48. The lowest BCUT2D eigenvalue weighted by Gasteiger charge is -2.40. The van der Waals surface area contributed by atoms with Crippen LogP contribution in [0.3, 0.4) is 0 Å². The van der Waals surface area contributed by atoms with E-state index in [1.165, 1.54) is 12.1 Å². The van der Waals surface area contributed by atoms with Gasteiger partial charge in [0.1, 0.15) is 5.76 Å². The number of amides is 1. The Bertz CT molecular complexity index is 843. The van der Waals surface area contributed by atoms with E-state index in [1.54, 1.807) is 17.9 Å². The molecule has 0 N–H and O–H groups in total. The van der Waals surface area contributed by atoms with Crippen LogP contribution in [0.25, 0.3) is 0 Å². The van der Waals surface area contributed by atoms with Gasteiger partial charge < -0.3 is 14.2 Å². The number of aromatic nitrogens is 1. The van der Waals surface area contributed by atoms with Gasteiger partial charge in [0.15, 0.2) is 0 Å². The topological polar surface area (TPSA) is 55.6 Å². The summed E-state index contributed by atoms with van der Waals surface area (Å²) in [5, 5.41) is 3.97. The number of nitrogens with zero attached hydrogens (tertiary/aromatic N) is 2. The molecule has 1 amide bonds. The molecule has 2 aromatic rings. The number of hydrogen-bond acceptors (Lipinski definition) is 4. The molecule has 5 nitrogen and oxygen atoms in total. The van der Waals surface area contributed by atoms with Crippen molar-refractivity contribution in [3.8, 4) is 0 Å². The molecule has 2 aliphatic rings. The van der Waals surface area contributed by atoms with Crippen LogP contribution in [-0.2, 0) is 15.7 Å². The van der Waals surface area contributed by atoms with E-state index in [1.807, 2.05) is 6.07 Å². The molecule has 0 radical (unpaired) electrons. The Kier molecular flexibility index (Phi) is 4.46. The summed E-state index contributed by atoms with van der Waals surface area (Å²) in [5.41, 5.74) is 0.0949. The molecule has 0 bridgehead atoms. The van der Waals surface area contributed by atoms with Gasteiger partial charge in [-0.15, -0.1) is 0 Å². The second-order valence-electron chi connectivity index (χ2n) is 7.07. The quantitative estimate of drug-likeness (QED) is 0.815. The molecule has 27 heavy (non-hydrogen) atoms. The van der Waals surface area contributed by atoms with Crippen LogP contribution >= 0.6 is 0 Å². The van der Waals surface area contributed by atoms with Crippen molar-refractivity contribution in [3.63, 3.8) is 0 Å². The van der Waals surface area contributed by atoms with Crippen LogP contribution < -0.4 is 0 Å². The zero-order valence-electron chi connectivity index (χ0n) is 14.7. The SMILES string of the molecule is Cc1cc(C2CN(C(=O)[C@@H]3CCO[C@H]3c3ccccc3C(F)(F)F)C2)no1. The van der Waals surface area contributed by atoms with E-state index in [9.17, 15) is 18.0 Å². The monoisotopic (exact) mass is 380 g/mol. The van der Waals surface area contributed by atoms with E-state index >= 15 is 0 Å². The van der Waals surface area contributed by atoms with Gasteiger partial charge in [-0.05, 0) is 25.0 Å². The van der Waals surface area contributed by atoms with E-state index in [4.69, 9.17) is 9.26 Å². The number of aryl methyl sites for hydroxylation is 1. The predicted octanol–water partition coefficient (Wildman–Crippen LogP) is 3.71. The Morgan fingerprint density at radius 2 is 2.00 bits per heavy atom. The maximum absolute atomic E-state index is 13.3. The van der Waals surface area contributed by atoms with E-state index in [-0.39, 0.29) is 24.0 Å². The fourth-order valence-corrected chi connectivity index (χ4v) is 3.81. The third-order valence-electron chi connectivity index (χ3n) is 5.24. The first-order chi connectivity index (χ1) is 12.8. The van der Waals surface area contributed by atoms with Gasteiger partial charge in [-0.2, -0.15) is 13.2 Å². The Morgan fingerprint density at radius 3 is 2.67 bits per heavy atom. The van der Waals surface area contributed by atoms with Crippen LogP contribution in [0.1, 0.15) is 41.0 Å². The molecule has 3 heterocycles. The maximum Gasteiger partial charge on any atom is 0.416 e. The average molecular weight is 380 g/mol. The van der Waals surface area contributed by atoms with E-state index in [2.05, 4.69) is 5.16 Å². The second kappa shape index (κ2) is 6.67. The third kappa shape index (κ3) is 3.34. The average Bonchev–Trinajstić information content (AvgIpc) is 3.22. The fourth-order valence-electron chi connectivity index (χ4n) is 3.81. The minimum absolute atomic E-state index is 0.0325. The zero-order chi connectivity index (χ0) is 19.2. The first-order valence-corrected chi connectivity index (χ1v) is 8.84. The molecule has 2 saturated heterocycles. The van der Waals surface area contributed by atoms with Crippen molar-refractivity contribution in [1.82, 2.24) is 10.1 Å². The summed E-state index contributed by atoms with van der Waals surface area (Å²) in [6.07, 6.45) is -4.94. The Morgan fingerprint density at radius 1 is 1.26 bits per heavy atom. The van der Waals surface area contributed by atoms with Gasteiger partial charge in [-0.25, -0.2) is 0 Å². The smallest absolute Gasteiger partial charge is 0.373 e. The van der Waals surface area contributed by atoms with Gasteiger partial charge in [0.2, 0.25) is 5.91 Å². The van der Waals surface area contributed by atoms with Crippen LogP contribution in [0.4, 0.5) is 13.2 Å². The molecule has 2 atom stereocenters. The molecule has 1 aromatic heterocycles. The molecule has 2 aliphatic heterocycles. The highest BCUT2D eigenvalue weighted by atomic mass is 19.4. The summed E-state index contributed by atoms with van der Waals surface area (Å²) < 4.78 is 50.6. The summed E-state index contributed by atoms with van der Waals surface area (Å²) in [6, 6.07) is 7.16. The van der Waals surface area contributed by atoms with Gasteiger partial charge in [0.25, 0.3) is 0 Å². The van der Waals surface area contributed by atoms with Gasteiger partial charge in [0.05, 0.1) is 23.3 Å². The van der Waals surface area contributed by atoms with Crippen molar-refractivity contribution in [2.75, 3.05) is 19.7 Å². The lowest BCUT2D eigenvalue weighted by atomic mass is 9.88. The first-order valence-electron chi connectivity index (χ1n) is 8.84. The molecule has 2 fully saturated rings. The van der Waals surface area contributed by atoms with Crippen molar-refractivity contribution < 1.29 is 27.2 Å². The highest BCUT2D eigenvalue weighted by Gasteiger charge is 2.45. The number of hydrogen-bond donors (Lipinski definition) is 0. The number of carbonyl (C=O) groups excluding carboxylic acids is 1. The molecule has 1 aromatic carbocycles. The molecule has 0 aliphatic carbocycles. The molecular formula is C19H19F3N2O3. The van der Waals surface area contributed by atoms with Crippen molar-refractivity contribution >= 4 is 5.91 Å². The number of carbonyl (C=O) groups is 1. The Labute approximate surface area is 154 Å². The number of ether oxygens (including phenoxy) is 1. The summed E-state index contributed by atoms with van der Waals surface area (Å²) in [4.78, 5) is 14.5. The summed E-state index contributed by atoms with van der Waals surface area (Å²) in [6.45, 7) is 3.06. The van der Waals surface area contributed by atoms with Crippen molar-refractivity contribution in [2.45, 2.75) is 31.5 Å². The summed E-state index contributed by atoms with van der Waals surface area (Å²) in [5.74, 6) is 0.0527. The van der Waals surface area contributed by atoms with Crippen LogP contribution in [0.15, 0.2) is 34.9 Å². The normalized spacial score (nSPS) is 23.5. The predicted molar refractivity (Wildman–Crippen MR) is 88.8 cm³/mol. The number of likely N-dealkylation sites (tertiary alicyclic amines) is 1. The van der Waals surface area contributed by atoms with Crippen LogP contribution in [0.5, 0.6) is 0 Å². The largest absolute Gasteiger partial charge is 0.416 e. The van der Waals surface area contributed by atoms with Crippen LogP contribution in [0, 0.1) is 12.8 Å². The number of alkyl halides is 3. The minimum Gasteiger partial charge on any atom is -0.373 e. The summed E-state index contributed by atoms with van der Waals surface area (Å²) >= 11 is 0. The molecule has 4 rings (SSSR count). The molecule has 0 saturated carbocycles. The Hall–Kier alpha value is -2.35. The fraction of sp³-hybridized carbons (Fsp3) is 0.474. The third-order valence-corrected chi connectivity index (χ3v) is 5.24. The first kappa shape index (κ1) is 18.0. The van der Waals surface area contributed by atoms with Gasteiger partial charge in [-0.3, -0.25) is 4.79 Å². The van der Waals surface area contributed by atoms with Crippen LogP contribution in [-0.4, -0.2) is 35.7 Å². The second-order valence-corrected chi connectivity index (χ2v) is 7.07. The van der Waals surface area contributed by atoms with Crippen molar-refractivity contribution in [1.29, 1.82) is 0 Å². The number of benzene rings is 1. The lowest BCUT2D eigenvalue weighted by Crippen LogP contribution is -2.51. The van der Waals surface area contributed by atoms with Gasteiger partial charge >= 0.3 is 6.18 Å². The molecule has 0 spiro atoms. The molecular weight excluding hydrogens is 361 g/mol. The lowest BCUT2D eigenvalue weighted by molar-refractivity contribution is -0.145. The standard InChI is InChI=1S/C19H19F3N2O3/c1-11-8-16(23-27-11)12-9-24(10-12)18(25)14-6-7-26-17(14)13-4-2-3-5-15(13)19(20,21)22/h2-5,8,12,14,17H,6-7,9-10H2,1H3/t14-,17+/m1/s1. The van der Waals surface area contributed by atoms with Gasteiger partial charge in [-0.1, -0.05) is 23.4 Å². The van der Waals surface area contributed by atoms with E-state index < -0.39 is 23.8 Å². The molecule has 0 unspecified atom stereocenters. The highest BCUT2D eigenvalue weighted by molar-refractivity contribution is 5.81. The van der Waals surface area contributed by atoms with Crippen molar-refractivity contribution in [2.24, 2.45) is 5.92 Å². The highest BCUT2D eigenvalue weighted by Crippen LogP contribution is 2.43. The number of rotatable bonds is 3. The maximum atomic E-state index is 13.3. The summed E-state index contributed by atoms with van der Waals surface area (Å²) in [7, 11) is 0. The molecule has 144 valence electrons.